The molecule has 0 unspecified atom stereocenters. The fourth-order valence-corrected chi connectivity index (χ4v) is 3.09. The Morgan fingerprint density at radius 2 is 1.91 bits per heavy atom. The lowest BCUT2D eigenvalue weighted by atomic mass is 10.1. The number of para-hydroxylation sites is 1. The van der Waals surface area contributed by atoms with Crippen LogP contribution in [-0.2, 0) is 4.74 Å². The van der Waals surface area contributed by atoms with Crippen molar-refractivity contribution < 1.29 is 9.53 Å². The number of carbonyl (C=O) groups excluding carboxylic acids is 1. The summed E-state index contributed by atoms with van der Waals surface area (Å²) in [6.45, 7) is 2.10. The second-order valence-electron chi connectivity index (χ2n) is 5.97. The van der Waals surface area contributed by atoms with Gasteiger partial charge in [-0.2, -0.15) is 0 Å². The predicted octanol–water partition coefficient (Wildman–Crippen LogP) is 3.94. The number of anilines is 1. The van der Waals surface area contributed by atoms with E-state index in [1.165, 1.54) is 25.7 Å². The molecule has 5 nitrogen and oxygen atoms in total. The van der Waals surface area contributed by atoms with Crippen molar-refractivity contribution >= 4 is 22.7 Å². The predicted molar refractivity (Wildman–Crippen MR) is 90.6 cm³/mol. The molecule has 0 atom stereocenters. The van der Waals surface area contributed by atoms with Gasteiger partial charge in [-0.05, 0) is 31.9 Å². The third-order valence-electron chi connectivity index (χ3n) is 4.26. The molecule has 3 rings (SSSR count). The van der Waals surface area contributed by atoms with Crippen LogP contribution in [0.5, 0.6) is 0 Å². The van der Waals surface area contributed by atoms with Gasteiger partial charge in [0.05, 0.1) is 12.1 Å². The van der Waals surface area contributed by atoms with E-state index in [2.05, 4.69) is 15.3 Å². The minimum atomic E-state index is -0.470. The van der Waals surface area contributed by atoms with Gasteiger partial charge in [0, 0.05) is 11.4 Å². The van der Waals surface area contributed by atoms with Crippen LogP contribution in [-0.4, -0.2) is 28.6 Å². The van der Waals surface area contributed by atoms with Gasteiger partial charge in [0.25, 0.3) is 0 Å². The summed E-state index contributed by atoms with van der Waals surface area (Å²) in [5.41, 5.74) is 0.765. The van der Waals surface area contributed by atoms with Crippen molar-refractivity contribution in [3.63, 3.8) is 0 Å². The van der Waals surface area contributed by atoms with Gasteiger partial charge in [-0.3, -0.25) is 0 Å². The number of nitrogens with zero attached hydrogens (tertiary/aromatic N) is 2. The second kappa shape index (κ2) is 7.40. The molecule has 1 aliphatic rings. The summed E-state index contributed by atoms with van der Waals surface area (Å²) >= 11 is 0. The summed E-state index contributed by atoms with van der Waals surface area (Å²) in [5.74, 6) is 0.398. The first-order valence-electron chi connectivity index (χ1n) is 8.48. The molecule has 1 saturated carbocycles. The Hall–Kier alpha value is -2.17. The van der Waals surface area contributed by atoms with Crippen molar-refractivity contribution in [2.45, 2.75) is 51.5 Å². The lowest BCUT2D eigenvalue weighted by Crippen LogP contribution is -2.21. The van der Waals surface area contributed by atoms with Crippen LogP contribution in [0.15, 0.2) is 24.3 Å². The van der Waals surface area contributed by atoms with E-state index in [0.29, 0.717) is 12.6 Å². The molecule has 122 valence electrons. The van der Waals surface area contributed by atoms with E-state index in [-0.39, 0.29) is 5.82 Å². The van der Waals surface area contributed by atoms with Gasteiger partial charge in [-0.15, -0.1) is 0 Å². The van der Waals surface area contributed by atoms with Gasteiger partial charge < -0.3 is 10.1 Å². The third-order valence-corrected chi connectivity index (χ3v) is 4.26. The minimum absolute atomic E-state index is 0.127. The molecule has 1 fully saturated rings. The Bertz CT molecular complexity index is 679. The molecular formula is C18H23N3O2. The Labute approximate surface area is 136 Å². The summed E-state index contributed by atoms with van der Waals surface area (Å²) in [4.78, 5) is 20.8. The quantitative estimate of drug-likeness (QED) is 0.684. The van der Waals surface area contributed by atoms with E-state index in [0.717, 1.165) is 29.6 Å². The normalized spacial score (nSPS) is 16.0. The first-order chi connectivity index (χ1) is 11.3. The largest absolute Gasteiger partial charge is 0.460 e. The van der Waals surface area contributed by atoms with Gasteiger partial charge in [-0.1, -0.05) is 37.8 Å². The number of hydrogen-bond acceptors (Lipinski definition) is 5. The van der Waals surface area contributed by atoms with Crippen LogP contribution in [0, 0.1) is 0 Å². The Kier molecular flexibility index (Phi) is 5.05. The molecule has 1 aliphatic carbocycles. The zero-order valence-electron chi connectivity index (χ0n) is 13.5. The molecule has 0 bridgehead atoms. The first-order valence-corrected chi connectivity index (χ1v) is 8.48. The van der Waals surface area contributed by atoms with Gasteiger partial charge in [-0.25, -0.2) is 14.8 Å². The van der Waals surface area contributed by atoms with Crippen LogP contribution in [0.1, 0.15) is 56.1 Å². The highest BCUT2D eigenvalue weighted by molar-refractivity contribution is 5.94. The van der Waals surface area contributed by atoms with Crippen LogP contribution >= 0.6 is 0 Å². The molecule has 1 N–H and O–H groups in total. The van der Waals surface area contributed by atoms with E-state index in [9.17, 15) is 4.79 Å². The van der Waals surface area contributed by atoms with Crippen LogP contribution in [0.25, 0.3) is 10.9 Å². The molecule has 5 heteroatoms. The van der Waals surface area contributed by atoms with Crippen LogP contribution in [0.2, 0.25) is 0 Å². The van der Waals surface area contributed by atoms with E-state index in [1.807, 2.05) is 24.3 Å². The maximum Gasteiger partial charge on any atom is 0.376 e. The minimum Gasteiger partial charge on any atom is -0.460 e. The highest BCUT2D eigenvalue weighted by Gasteiger charge is 2.18. The SMILES string of the molecule is CCOC(=O)c1nc(NC2CCCCCC2)c2ccccc2n1. The average Bonchev–Trinajstić information content (AvgIpc) is 2.83. The van der Waals surface area contributed by atoms with Crippen molar-refractivity contribution in [3.05, 3.63) is 30.1 Å². The zero-order valence-corrected chi connectivity index (χ0v) is 13.5. The number of carbonyl (C=O) groups is 1. The van der Waals surface area contributed by atoms with E-state index >= 15 is 0 Å². The standard InChI is InChI=1S/C18H23N3O2/c1-2-23-18(22)17-20-15-12-8-7-11-14(15)16(21-17)19-13-9-5-3-4-6-10-13/h7-8,11-13H,2-6,9-10H2,1H3,(H,19,20,21). The molecule has 1 aromatic heterocycles. The van der Waals surface area contributed by atoms with E-state index in [4.69, 9.17) is 4.74 Å². The number of esters is 1. The van der Waals surface area contributed by atoms with Gasteiger partial charge in [0.2, 0.25) is 5.82 Å². The molecule has 0 aliphatic heterocycles. The van der Waals surface area contributed by atoms with Gasteiger partial charge in [0.15, 0.2) is 0 Å². The molecular weight excluding hydrogens is 290 g/mol. The average molecular weight is 313 g/mol. The monoisotopic (exact) mass is 313 g/mol. The van der Waals surface area contributed by atoms with Crippen molar-refractivity contribution in [1.29, 1.82) is 0 Å². The molecule has 0 saturated heterocycles. The second-order valence-corrected chi connectivity index (χ2v) is 5.97. The molecule has 0 amide bonds. The van der Waals surface area contributed by atoms with Gasteiger partial charge in [0.1, 0.15) is 5.82 Å². The fourth-order valence-electron chi connectivity index (χ4n) is 3.09. The van der Waals surface area contributed by atoms with Crippen molar-refractivity contribution in [2.24, 2.45) is 0 Å². The summed E-state index contributed by atoms with van der Waals surface area (Å²) < 4.78 is 5.05. The van der Waals surface area contributed by atoms with Crippen molar-refractivity contribution in [1.82, 2.24) is 9.97 Å². The maximum atomic E-state index is 12.0. The lowest BCUT2D eigenvalue weighted by molar-refractivity contribution is 0.0512. The lowest BCUT2D eigenvalue weighted by Gasteiger charge is -2.18. The Morgan fingerprint density at radius 1 is 1.17 bits per heavy atom. The highest BCUT2D eigenvalue weighted by atomic mass is 16.5. The number of nitrogens with one attached hydrogen (secondary N) is 1. The maximum absolute atomic E-state index is 12.0. The highest BCUT2D eigenvalue weighted by Crippen LogP contribution is 2.25. The number of rotatable bonds is 4. The number of aromatic nitrogens is 2. The van der Waals surface area contributed by atoms with E-state index in [1.54, 1.807) is 6.92 Å². The molecule has 23 heavy (non-hydrogen) atoms. The summed E-state index contributed by atoms with van der Waals surface area (Å²) in [6, 6.07) is 8.18. The zero-order chi connectivity index (χ0) is 16.1. The topological polar surface area (TPSA) is 64.1 Å². The van der Waals surface area contributed by atoms with Crippen molar-refractivity contribution in [2.75, 3.05) is 11.9 Å². The summed E-state index contributed by atoms with van der Waals surface area (Å²) in [7, 11) is 0. The smallest absolute Gasteiger partial charge is 0.376 e. The Morgan fingerprint density at radius 3 is 2.65 bits per heavy atom. The third kappa shape index (κ3) is 3.78. The number of fused-ring (bicyclic) bond motifs is 1. The number of ether oxygens (including phenoxy) is 1. The summed E-state index contributed by atoms with van der Waals surface area (Å²) in [5, 5.41) is 4.49. The van der Waals surface area contributed by atoms with Gasteiger partial charge >= 0.3 is 5.97 Å². The molecule has 1 aromatic carbocycles. The van der Waals surface area contributed by atoms with Crippen molar-refractivity contribution in [3.8, 4) is 0 Å². The Balaban J connectivity index is 1.94. The summed E-state index contributed by atoms with van der Waals surface area (Å²) in [6.07, 6.45) is 7.38. The van der Waals surface area contributed by atoms with Crippen LogP contribution in [0.3, 0.4) is 0 Å². The number of hydrogen-bond donors (Lipinski definition) is 1. The molecule has 2 aromatic rings. The molecule has 0 spiro atoms. The van der Waals surface area contributed by atoms with E-state index < -0.39 is 5.97 Å². The number of benzene rings is 1. The van der Waals surface area contributed by atoms with Crippen LogP contribution < -0.4 is 5.32 Å². The fraction of sp³-hybridized carbons (Fsp3) is 0.500. The first kappa shape index (κ1) is 15.7. The molecule has 1 heterocycles. The van der Waals surface area contributed by atoms with Crippen LogP contribution in [0.4, 0.5) is 5.82 Å². The molecule has 0 radical (unpaired) electrons.